The summed E-state index contributed by atoms with van der Waals surface area (Å²) in [6, 6.07) is 11.3. The minimum absolute atomic E-state index is 0.124. The van der Waals surface area contributed by atoms with Gasteiger partial charge in [0.25, 0.3) is 5.56 Å². The first-order chi connectivity index (χ1) is 13.1. The third kappa shape index (κ3) is 3.11. The van der Waals surface area contributed by atoms with Crippen LogP contribution in [0.3, 0.4) is 0 Å². The Morgan fingerprint density at radius 1 is 1.22 bits per heavy atom. The molecule has 4 rings (SSSR count). The lowest BCUT2D eigenvalue weighted by atomic mass is 10.1. The van der Waals surface area contributed by atoms with Crippen LogP contribution < -0.4 is 15.8 Å². The summed E-state index contributed by atoms with van der Waals surface area (Å²) >= 11 is 6.40. The molecule has 0 atom stereocenters. The van der Waals surface area contributed by atoms with Crippen LogP contribution in [0.4, 0.5) is 17.1 Å². The van der Waals surface area contributed by atoms with Gasteiger partial charge < -0.3 is 14.8 Å². The zero-order valence-electron chi connectivity index (χ0n) is 14.9. The fourth-order valence-corrected chi connectivity index (χ4v) is 3.66. The summed E-state index contributed by atoms with van der Waals surface area (Å²) in [4.78, 5) is 18.8. The lowest BCUT2D eigenvalue weighted by Gasteiger charge is -2.22. The van der Waals surface area contributed by atoms with Crippen LogP contribution >= 0.6 is 11.6 Å². The van der Waals surface area contributed by atoms with Crippen molar-refractivity contribution in [3.8, 4) is 6.07 Å². The van der Waals surface area contributed by atoms with Crippen LogP contribution in [-0.2, 0) is 7.05 Å². The predicted octanol–water partition coefficient (Wildman–Crippen LogP) is 3.80. The van der Waals surface area contributed by atoms with Gasteiger partial charge in [0.2, 0.25) is 0 Å². The van der Waals surface area contributed by atoms with E-state index in [0.717, 1.165) is 31.6 Å². The molecule has 1 aliphatic heterocycles. The number of nitrogens with one attached hydrogen (secondary N) is 1. The molecule has 1 saturated heterocycles. The van der Waals surface area contributed by atoms with Crippen molar-refractivity contribution >= 4 is 39.6 Å². The van der Waals surface area contributed by atoms with Gasteiger partial charge in [0.05, 0.1) is 33.6 Å². The highest BCUT2D eigenvalue weighted by Crippen LogP contribution is 2.36. The van der Waals surface area contributed by atoms with Crippen molar-refractivity contribution in [2.24, 2.45) is 7.05 Å². The fraction of sp³-hybridized carbons (Fsp3) is 0.250. The van der Waals surface area contributed by atoms with Crippen molar-refractivity contribution < 1.29 is 0 Å². The van der Waals surface area contributed by atoms with E-state index >= 15 is 0 Å². The smallest absolute Gasteiger partial charge is 0.260 e. The number of rotatable bonds is 3. The maximum absolute atomic E-state index is 12.4. The molecule has 0 amide bonds. The third-order valence-electron chi connectivity index (χ3n) is 4.88. The molecule has 0 bridgehead atoms. The average molecular weight is 380 g/mol. The van der Waals surface area contributed by atoms with E-state index in [2.05, 4.69) is 21.3 Å². The first kappa shape index (κ1) is 17.4. The van der Waals surface area contributed by atoms with Crippen molar-refractivity contribution in [2.45, 2.75) is 12.8 Å². The number of aromatic nitrogens is 2. The van der Waals surface area contributed by atoms with Gasteiger partial charge in [-0.05, 0) is 43.2 Å². The molecule has 136 valence electrons. The Morgan fingerprint density at radius 2 is 2.00 bits per heavy atom. The fourth-order valence-electron chi connectivity index (χ4n) is 3.46. The van der Waals surface area contributed by atoms with E-state index in [1.165, 1.54) is 10.9 Å². The number of benzene rings is 2. The summed E-state index contributed by atoms with van der Waals surface area (Å²) < 4.78 is 1.44. The Bertz CT molecular complexity index is 1130. The molecule has 27 heavy (non-hydrogen) atoms. The van der Waals surface area contributed by atoms with E-state index in [9.17, 15) is 10.1 Å². The first-order valence-corrected chi connectivity index (χ1v) is 9.16. The second kappa shape index (κ2) is 6.93. The van der Waals surface area contributed by atoms with Crippen LogP contribution in [0, 0.1) is 11.3 Å². The van der Waals surface area contributed by atoms with Gasteiger partial charge in [0.15, 0.2) is 0 Å². The molecule has 1 aromatic heterocycles. The number of hydrogen-bond donors (Lipinski definition) is 1. The summed E-state index contributed by atoms with van der Waals surface area (Å²) in [6.45, 7) is 1.88. The molecule has 0 aliphatic carbocycles. The minimum Gasteiger partial charge on any atom is -0.370 e. The van der Waals surface area contributed by atoms with Crippen LogP contribution in [0.25, 0.3) is 10.9 Å². The Kier molecular flexibility index (Phi) is 4.46. The molecule has 0 radical (unpaired) electrons. The monoisotopic (exact) mass is 379 g/mol. The molecule has 0 unspecified atom stereocenters. The highest BCUT2D eigenvalue weighted by molar-refractivity contribution is 6.33. The van der Waals surface area contributed by atoms with Crippen LogP contribution in [0.15, 0.2) is 41.5 Å². The molecule has 1 fully saturated rings. The van der Waals surface area contributed by atoms with Crippen molar-refractivity contribution in [3.63, 3.8) is 0 Å². The van der Waals surface area contributed by atoms with E-state index < -0.39 is 0 Å². The molecular formula is C20H18ClN5O. The Labute approximate surface area is 161 Å². The van der Waals surface area contributed by atoms with Gasteiger partial charge in [-0.25, -0.2) is 4.98 Å². The summed E-state index contributed by atoms with van der Waals surface area (Å²) in [6.07, 6.45) is 3.75. The number of hydrogen-bond acceptors (Lipinski definition) is 5. The number of fused-ring (bicyclic) bond motifs is 1. The van der Waals surface area contributed by atoms with Gasteiger partial charge in [-0.2, -0.15) is 5.26 Å². The third-order valence-corrected chi connectivity index (χ3v) is 5.19. The van der Waals surface area contributed by atoms with Crippen molar-refractivity contribution in [1.82, 2.24) is 9.55 Å². The summed E-state index contributed by atoms with van der Waals surface area (Å²) in [7, 11) is 1.67. The first-order valence-electron chi connectivity index (χ1n) is 8.78. The molecule has 7 heteroatoms. The second-order valence-electron chi connectivity index (χ2n) is 6.64. The van der Waals surface area contributed by atoms with Crippen LogP contribution in [0.1, 0.15) is 18.4 Å². The van der Waals surface area contributed by atoms with Gasteiger partial charge in [-0.15, -0.1) is 0 Å². The van der Waals surface area contributed by atoms with E-state index in [1.54, 1.807) is 25.2 Å². The van der Waals surface area contributed by atoms with E-state index in [0.29, 0.717) is 32.9 Å². The number of nitriles is 1. The second-order valence-corrected chi connectivity index (χ2v) is 7.05. The normalized spacial score (nSPS) is 13.7. The zero-order valence-corrected chi connectivity index (χ0v) is 15.6. The maximum Gasteiger partial charge on any atom is 0.260 e. The highest BCUT2D eigenvalue weighted by atomic mass is 35.5. The van der Waals surface area contributed by atoms with Gasteiger partial charge in [0, 0.05) is 25.8 Å². The molecule has 2 heterocycles. The molecule has 3 aromatic rings. The molecule has 2 aromatic carbocycles. The SMILES string of the molecule is Cn1cnc2ccc(Nc3c(Cl)ccc(N4CCCC4)c3C#N)cc2c1=O. The number of anilines is 3. The molecule has 1 aliphatic rings. The summed E-state index contributed by atoms with van der Waals surface area (Å²) in [5.41, 5.74) is 3.15. The molecule has 1 N–H and O–H groups in total. The van der Waals surface area contributed by atoms with E-state index in [4.69, 9.17) is 11.6 Å². The molecule has 0 saturated carbocycles. The van der Waals surface area contributed by atoms with Crippen molar-refractivity contribution in [3.05, 3.63) is 57.6 Å². The molecule has 6 nitrogen and oxygen atoms in total. The summed E-state index contributed by atoms with van der Waals surface area (Å²) in [5.74, 6) is 0. The Morgan fingerprint density at radius 3 is 2.74 bits per heavy atom. The van der Waals surface area contributed by atoms with E-state index in [1.807, 2.05) is 12.1 Å². The lowest BCUT2D eigenvalue weighted by molar-refractivity contribution is 0.843. The van der Waals surface area contributed by atoms with Gasteiger partial charge in [-0.1, -0.05) is 11.6 Å². The largest absolute Gasteiger partial charge is 0.370 e. The van der Waals surface area contributed by atoms with E-state index in [-0.39, 0.29) is 5.56 Å². The number of halogens is 1. The van der Waals surface area contributed by atoms with Crippen molar-refractivity contribution in [2.75, 3.05) is 23.3 Å². The van der Waals surface area contributed by atoms with Gasteiger partial charge in [0.1, 0.15) is 11.6 Å². The topological polar surface area (TPSA) is 74.0 Å². The standard InChI is InChI=1S/C20H18ClN5O/c1-25-12-23-17-6-4-13(10-14(17)20(25)27)24-19-15(11-22)18(7-5-16(19)21)26-8-2-3-9-26/h4-7,10,12,24H,2-3,8-9H2,1H3. The van der Waals surface area contributed by atoms with Crippen LogP contribution in [-0.4, -0.2) is 22.6 Å². The quantitative estimate of drug-likeness (QED) is 0.749. The lowest BCUT2D eigenvalue weighted by Crippen LogP contribution is -2.19. The van der Waals surface area contributed by atoms with Gasteiger partial charge in [-0.3, -0.25) is 4.79 Å². The number of nitrogens with zero attached hydrogens (tertiary/aromatic N) is 4. The average Bonchev–Trinajstić information content (AvgIpc) is 3.21. The zero-order chi connectivity index (χ0) is 19.0. The molecule has 0 spiro atoms. The highest BCUT2D eigenvalue weighted by Gasteiger charge is 2.20. The van der Waals surface area contributed by atoms with Gasteiger partial charge >= 0.3 is 0 Å². The molecular weight excluding hydrogens is 362 g/mol. The maximum atomic E-state index is 12.4. The predicted molar refractivity (Wildman–Crippen MR) is 108 cm³/mol. The van der Waals surface area contributed by atoms with Crippen LogP contribution in [0.2, 0.25) is 5.02 Å². The van der Waals surface area contributed by atoms with Crippen LogP contribution in [0.5, 0.6) is 0 Å². The minimum atomic E-state index is -0.124. The van der Waals surface area contributed by atoms with Crippen molar-refractivity contribution in [1.29, 1.82) is 5.26 Å². The Hall–Kier alpha value is -3.04. The Balaban J connectivity index is 1.79. The number of aryl methyl sites for hydroxylation is 1. The summed E-state index contributed by atoms with van der Waals surface area (Å²) in [5, 5.41) is 14.0.